The Balaban J connectivity index is 1.57. The van der Waals surface area contributed by atoms with E-state index in [1.807, 2.05) is 6.92 Å². The maximum Gasteiger partial charge on any atom is 0.338 e. The minimum absolute atomic E-state index is 0.0631. The van der Waals surface area contributed by atoms with Crippen molar-refractivity contribution in [1.29, 1.82) is 0 Å². The number of ether oxygens (including phenoxy) is 1. The smallest absolute Gasteiger partial charge is 0.338 e. The van der Waals surface area contributed by atoms with Crippen LogP contribution in [0.5, 0.6) is 0 Å². The number of hydrogen-bond acceptors (Lipinski definition) is 7. The Morgan fingerprint density at radius 1 is 1.06 bits per heavy atom. The minimum Gasteiger partial charge on any atom is -0.462 e. The zero-order chi connectivity index (χ0) is 23.1. The molecule has 0 bridgehead atoms. The maximum atomic E-state index is 12.4. The van der Waals surface area contributed by atoms with E-state index in [4.69, 9.17) is 21.5 Å². The van der Waals surface area contributed by atoms with Crippen LogP contribution in [0.1, 0.15) is 29.5 Å². The molecule has 32 heavy (non-hydrogen) atoms. The number of hydrogen-bond donors (Lipinski definition) is 3. The molecule has 1 aromatic heterocycles. The summed E-state index contributed by atoms with van der Waals surface area (Å²) in [6, 6.07) is 14.3. The van der Waals surface area contributed by atoms with Crippen LogP contribution in [-0.2, 0) is 14.8 Å². The van der Waals surface area contributed by atoms with E-state index in [2.05, 4.69) is 20.5 Å². The SMILES string of the molecule is CCCOC(=O)c1ccc(NC(=S)Nc2ccc(S(=O)(=O)Nc3cc(C)on3)cc2)cc1. The van der Waals surface area contributed by atoms with E-state index in [0.717, 1.165) is 6.42 Å². The van der Waals surface area contributed by atoms with Crippen molar-refractivity contribution in [2.75, 3.05) is 22.0 Å². The van der Waals surface area contributed by atoms with Crippen LogP contribution in [0.3, 0.4) is 0 Å². The van der Waals surface area contributed by atoms with E-state index in [1.54, 1.807) is 43.3 Å². The molecule has 0 aliphatic carbocycles. The molecule has 0 atom stereocenters. The summed E-state index contributed by atoms with van der Waals surface area (Å²) in [4.78, 5) is 11.9. The van der Waals surface area contributed by atoms with Crippen LogP contribution in [0, 0.1) is 6.92 Å². The van der Waals surface area contributed by atoms with Crippen molar-refractivity contribution in [3.8, 4) is 0 Å². The first-order valence-corrected chi connectivity index (χ1v) is 11.6. The van der Waals surface area contributed by atoms with Gasteiger partial charge in [-0.25, -0.2) is 13.2 Å². The summed E-state index contributed by atoms with van der Waals surface area (Å²) >= 11 is 5.29. The molecule has 3 N–H and O–H groups in total. The fraction of sp³-hybridized carbons (Fsp3) is 0.190. The molecule has 0 aliphatic heterocycles. The largest absolute Gasteiger partial charge is 0.462 e. The number of anilines is 3. The van der Waals surface area contributed by atoms with Gasteiger partial charge in [-0.2, -0.15) is 0 Å². The number of rotatable bonds is 8. The second kappa shape index (κ2) is 10.2. The molecule has 3 rings (SSSR count). The lowest BCUT2D eigenvalue weighted by molar-refractivity contribution is 0.0505. The third-order valence-electron chi connectivity index (χ3n) is 4.11. The average Bonchev–Trinajstić information content (AvgIpc) is 3.16. The average molecular weight is 475 g/mol. The molecule has 11 heteroatoms. The van der Waals surface area contributed by atoms with Gasteiger partial charge in [0, 0.05) is 17.4 Å². The fourth-order valence-electron chi connectivity index (χ4n) is 2.59. The van der Waals surface area contributed by atoms with Crippen molar-refractivity contribution >= 4 is 50.5 Å². The number of carbonyl (C=O) groups is 1. The molecule has 0 fully saturated rings. The quantitative estimate of drug-likeness (QED) is 0.326. The number of benzene rings is 2. The molecule has 0 radical (unpaired) electrons. The molecular formula is C21H22N4O5S2. The Morgan fingerprint density at radius 3 is 2.19 bits per heavy atom. The van der Waals surface area contributed by atoms with E-state index in [-0.39, 0.29) is 16.7 Å². The van der Waals surface area contributed by atoms with Gasteiger partial charge in [0.1, 0.15) is 5.76 Å². The lowest BCUT2D eigenvalue weighted by Gasteiger charge is -2.12. The zero-order valence-electron chi connectivity index (χ0n) is 17.4. The first kappa shape index (κ1) is 23.2. The molecule has 0 aliphatic rings. The number of sulfonamides is 1. The molecule has 0 saturated heterocycles. The second-order valence-electron chi connectivity index (χ2n) is 6.75. The third-order valence-corrected chi connectivity index (χ3v) is 5.68. The van der Waals surface area contributed by atoms with Crippen LogP contribution in [0.4, 0.5) is 17.2 Å². The van der Waals surface area contributed by atoms with E-state index in [0.29, 0.717) is 34.4 Å². The topological polar surface area (TPSA) is 123 Å². The van der Waals surface area contributed by atoms with Crippen LogP contribution >= 0.6 is 12.2 Å². The predicted octanol–water partition coefficient (Wildman–Crippen LogP) is 4.16. The molecule has 0 saturated carbocycles. The van der Waals surface area contributed by atoms with Crippen LogP contribution in [0.25, 0.3) is 0 Å². The first-order valence-electron chi connectivity index (χ1n) is 9.68. The Morgan fingerprint density at radius 2 is 1.66 bits per heavy atom. The molecule has 0 unspecified atom stereocenters. The highest BCUT2D eigenvalue weighted by molar-refractivity contribution is 7.92. The zero-order valence-corrected chi connectivity index (χ0v) is 19.0. The van der Waals surface area contributed by atoms with Gasteiger partial charge in [0.2, 0.25) is 0 Å². The van der Waals surface area contributed by atoms with Gasteiger partial charge >= 0.3 is 5.97 Å². The summed E-state index contributed by atoms with van der Waals surface area (Å²) in [6.07, 6.45) is 0.760. The highest BCUT2D eigenvalue weighted by Crippen LogP contribution is 2.19. The number of thiocarbonyl (C=S) groups is 1. The van der Waals surface area contributed by atoms with Crippen molar-refractivity contribution in [2.24, 2.45) is 0 Å². The van der Waals surface area contributed by atoms with Gasteiger partial charge in [-0.05, 0) is 74.1 Å². The van der Waals surface area contributed by atoms with Crippen molar-refractivity contribution < 1.29 is 22.5 Å². The normalized spacial score (nSPS) is 10.9. The van der Waals surface area contributed by atoms with Crippen molar-refractivity contribution in [2.45, 2.75) is 25.2 Å². The summed E-state index contributed by atoms with van der Waals surface area (Å²) in [7, 11) is -3.80. The number of esters is 1. The van der Waals surface area contributed by atoms with Crippen molar-refractivity contribution in [3.63, 3.8) is 0 Å². The predicted molar refractivity (Wildman–Crippen MR) is 125 cm³/mol. The van der Waals surface area contributed by atoms with E-state index >= 15 is 0 Å². The van der Waals surface area contributed by atoms with Crippen LogP contribution < -0.4 is 15.4 Å². The minimum atomic E-state index is -3.80. The third kappa shape index (κ3) is 6.28. The Kier molecular flexibility index (Phi) is 7.44. The van der Waals surface area contributed by atoms with Gasteiger partial charge < -0.3 is 19.9 Å². The summed E-state index contributed by atoms with van der Waals surface area (Å²) < 4.78 is 37.2. The van der Waals surface area contributed by atoms with Gasteiger partial charge in [0.15, 0.2) is 10.9 Å². The van der Waals surface area contributed by atoms with E-state index in [1.165, 1.54) is 18.2 Å². The van der Waals surface area contributed by atoms with Gasteiger partial charge in [-0.15, -0.1) is 0 Å². The summed E-state index contributed by atoms with van der Waals surface area (Å²) in [6.45, 7) is 3.97. The van der Waals surface area contributed by atoms with Crippen LogP contribution in [-0.4, -0.2) is 31.3 Å². The van der Waals surface area contributed by atoms with Crippen molar-refractivity contribution in [1.82, 2.24) is 5.16 Å². The molecule has 2 aromatic carbocycles. The van der Waals surface area contributed by atoms with Crippen molar-refractivity contribution in [3.05, 3.63) is 65.9 Å². The second-order valence-corrected chi connectivity index (χ2v) is 8.84. The van der Waals surface area contributed by atoms with E-state index < -0.39 is 10.0 Å². The molecule has 9 nitrogen and oxygen atoms in total. The molecule has 0 amide bonds. The molecule has 0 spiro atoms. The van der Waals surface area contributed by atoms with Gasteiger partial charge in [0.05, 0.1) is 17.1 Å². The number of aromatic nitrogens is 1. The number of carbonyl (C=O) groups excluding carboxylic acids is 1. The summed E-state index contributed by atoms with van der Waals surface area (Å²) in [5.41, 5.74) is 1.73. The van der Waals surface area contributed by atoms with Gasteiger partial charge in [-0.1, -0.05) is 12.1 Å². The highest BCUT2D eigenvalue weighted by Gasteiger charge is 2.16. The summed E-state index contributed by atoms with van der Waals surface area (Å²) in [5.74, 6) is 0.233. The fourth-order valence-corrected chi connectivity index (χ4v) is 3.81. The Hall–Kier alpha value is -3.44. The number of nitrogens with zero attached hydrogens (tertiary/aromatic N) is 1. The molecular weight excluding hydrogens is 452 g/mol. The molecule has 1 heterocycles. The van der Waals surface area contributed by atoms with E-state index in [9.17, 15) is 13.2 Å². The lowest BCUT2D eigenvalue weighted by Crippen LogP contribution is -2.19. The standard InChI is InChI=1S/C21H22N4O5S2/c1-3-12-29-20(26)15-4-6-16(7-5-15)22-21(31)23-17-8-10-18(11-9-17)32(27,28)25-19-13-14(2)30-24-19/h4-11,13H,3,12H2,1-2H3,(H,24,25)(H2,22,23,31). The van der Waals surface area contributed by atoms with Crippen LogP contribution in [0.2, 0.25) is 0 Å². The lowest BCUT2D eigenvalue weighted by atomic mass is 10.2. The van der Waals surface area contributed by atoms with Gasteiger partial charge in [-0.3, -0.25) is 4.72 Å². The van der Waals surface area contributed by atoms with Crippen LogP contribution in [0.15, 0.2) is 64.0 Å². The Bertz CT molecular complexity index is 1190. The highest BCUT2D eigenvalue weighted by atomic mass is 32.2. The van der Waals surface area contributed by atoms with Gasteiger partial charge in [0.25, 0.3) is 10.0 Å². The molecule has 3 aromatic rings. The monoisotopic (exact) mass is 474 g/mol. The number of aryl methyl sites for hydroxylation is 1. The Labute approximate surface area is 191 Å². The maximum absolute atomic E-state index is 12.4. The molecule has 168 valence electrons. The first-order chi connectivity index (χ1) is 15.3. The number of nitrogens with one attached hydrogen (secondary N) is 3. The summed E-state index contributed by atoms with van der Waals surface area (Å²) in [5, 5.41) is 9.90.